The molecule has 0 spiro atoms. The van der Waals surface area contributed by atoms with Crippen LogP contribution in [0.25, 0.3) is 0 Å². The topological polar surface area (TPSA) is 101 Å². The number of unbranched alkanes of at least 4 members (excludes halogenated alkanes) is 9. The Morgan fingerprint density at radius 3 is 1.80 bits per heavy atom. The molecule has 0 saturated carbocycles. The number of carboxylic acid groups (broad SMARTS) is 2. The maximum atomic E-state index is 11.1. The van der Waals surface area contributed by atoms with Gasteiger partial charge in [0, 0.05) is 6.54 Å². The zero-order valence-corrected chi connectivity index (χ0v) is 18.0. The van der Waals surface area contributed by atoms with Crippen LogP contribution >= 0.6 is 0 Å². The fourth-order valence-electron chi connectivity index (χ4n) is 2.88. The van der Waals surface area contributed by atoms with Gasteiger partial charge in [0.2, 0.25) is 0 Å². The quantitative estimate of drug-likeness (QED) is 0.247. The number of carbonyl (C=O) groups excluding carboxylic acids is 1. The molecule has 0 radical (unpaired) electrons. The molecule has 0 aliphatic rings. The summed E-state index contributed by atoms with van der Waals surface area (Å²) in [7, 11) is 0. The first-order valence-corrected chi connectivity index (χ1v) is 9.30. The molecule has 6 nitrogen and oxygen atoms in total. The van der Waals surface area contributed by atoms with Crippen molar-refractivity contribution in [2.75, 3.05) is 19.7 Å². The predicted octanol–water partition coefficient (Wildman–Crippen LogP) is -1.20. The largest absolute Gasteiger partial charge is 1.00 e. The van der Waals surface area contributed by atoms with Crippen LogP contribution in [0.2, 0.25) is 0 Å². The van der Waals surface area contributed by atoms with Crippen LogP contribution in [-0.4, -0.2) is 52.8 Å². The van der Waals surface area contributed by atoms with Crippen LogP contribution < -0.4 is 34.7 Å². The van der Waals surface area contributed by atoms with Crippen molar-refractivity contribution in [1.82, 2.24) is 4.90 Å². The summed E-state index contributed by atoms with van der Waals surface area (Å²) in [5.74, 6) is -2.56. The van der Waals surface area contributed by atoms with Gasteiger partial charge in [0.15, 0.2) is 0 Å². The fraction of sp³-hybridized carbons (Fsp3) is 0.889. The Morgan fingerprint density at radius 2 is 1.40 bits per heavy atom. The van der Waals surface area contributed by atoms with E-state index in [2.05, 4.69) is 6.92 Å². The molecule has 0 fully saturated rings. The second kappa shape index (κ2) is 18.6. The minimum atomic E-state index is -1.39. The van der Waals surface area contributed by atoms with Crippen LogP contribution in [0.15, 0.2) is 0 Å². The van der Waals surface area contributed by atoms with Crippen LogP contribution in [-0.2, 0) is 9.59 Å². The summed E-state index contributed by atoms with van der Waals surface area (Å²) in [6.07, 6.45) is 11.3. The normalized spacial score (nSPS) is 12.0. The third-order valence-corrected chi connectivity index (χ3v) is 4.27. The van der Waals surface area contributed by atoms with Gasteiger partial charge < -0.3 is 20.1 Å². The SMILES string of the molecule is CCCCCCCCCCCCN(CCO)[C@@H](CC(=O)O)C(=O)[O-].[Na+]. The van der Waals surface area contributed by atoms with Gasteiger partial charge in [0.05, 0.1) is 25.0 Å². The van der Waals surface area contributed by atoms with Gasteiger partial charge in [-0.3, -0.25) is 9.69 Å². The molecule has 0 bridgehead atoms. The Hall–Kier alpha value is -0.140. The van der Waals surface area contributed by atoms with Crippen LogP contribution in [0.3, 0.4) is 0 Å². The van der Waals surface area contributed by atoms with Gasteiger partial charge in [-0.2, -0.15) is 0 Å². The molecule has 0 saturated heterocycles. The summed E-state index contributed by atoms with van der Waals surface area (Å²) in [5, 5.41) is 29.0. The smallest absolute Gasteiger partial charge is 0.548 e. The van der Waals surface area contributed by atoms with Gasteiger partial charge in [-0.1, -0.05) is 64.7 Å². The summed E-state index contributed by atoms with van der Waals surface area (Å²) in [6, 6.07) is -1.17. The molecule has 25 heavy (non-hydrogen) atoms. The molecule has 1 atom stereocenters. The fourth-order valence-corrected chi connectivity index (χ4v) is 2.88. The molecule has 0 unspecified atom stereocenters. The Balaban J connectivity index is 0. The predicted molar refractivity (Wildman–Crippen MR) is 91.6 cm³/mol. The number of hydrogen-bond donors (Lipinski definition) is 2. The Morgan fingerprint density at radius 1 is 0.920 bits per heavy atom. The van der Waals surface area contributed by atoms with E-state index in [4.69, 9.17) is 10.2 Å². The van der Waals surface area contributed by atoms with Gasteiger partial charge in [-0.05, 0) is 13.0 Å². The Kier molecular flexibility index (Phi) is 20.2. The second-order valence-electron chi connectivity index (χ2n) is 6.37. The van der Waals surface area contributed by atoms with E-state index in [1.807, 2.05) is 0 Å². The number of rotatable bonds is 17. The monoisotopic (exact) mass is 367 g/mol. The van der Waals surface area contributed by atoms with E-state index in [1.165, 1.54) is 49.8 Å². The van der Waals surface area contributed by atoms with E-state index in [0.29, 0.717) is 6.54 Å². The second-order valence-corrected chi connectivity index (χ2v) is 6.37. The minimum Gasteiger partial charge on any atom is -0.548 e. The first-order chi connectivity index (χ1) is 11.5. The number of carbonyl (C=O) groups is 2. The van der Waals surface area contributed by atoms with Gasteiger partial charge in [0.25, 0.3) is 0 Å². The summed E-state index contributed by atoms with van der Waals surface area (Å²) in [4.78, 5) is 23.4. The molecule has 0 heterocycles. The molecule has 0 aliphatic heterocycles. The average molecular weight is 367 g/mol. The van der Waals surface area contributed by atoms with E-state index in [9.17, 15) is 14.7 Å². The average Bonchev–Trinajstić information content (AvgIpc) is 2.53. The van der Waals surface area contributed by atoms with Crippen molar-refractivity contribution in [3.63, 3.8) is 0 Å². The third kappa shape index (κ3) is 15.8. The van der Waals surface area contributed by atoms with Crippen molar-refractivity contribution in [3.05, 3.63) is 0 Å². The molecule has 142 valence electrons. The zero-order valence-electron chi connectivity index (χ0n) is 16.0. The summed E-state index contributed by atoms with van der Waals surface area (Å²) in [6.45, 7) is 2.65. The first-order valence-electron chi connectivity index (χ1n) is 9.30. The van der Waals surface area contributed by atoms with Gasteiger partial charge in [-0.25, -0.2) is 0 Å². The molecule has 7 heteroatoms. The van der Waals surface area contributed by atoms with Gasteiger partial charge in [0.1, 0.15) is 0 Å². The summed E-state index contributed by atoms with van der Waals surface area (Å²) in [5.41, 5.74) is 0. The molecule has 2 N–H and O–H groups in total. The molecule has 0 aromatic rings. The van der Waals surface area contributed by atoms with E-state index in [-0.39, 0.29) is 42.7 Å². The van der Waals surface area contributed by atoms with Crippen LogP contribution in [0.5, 0.6) is 0 Å². The molecule has 0 rings (SSSR count). The molecule has 0 aromatic carbocycles. The molecular weight excluding hydrogens is 333 g/mol. The van der Waals surface area contributed by atoms with Gasteiger partial charge >= 0.3 is 35.5 Å². The number of aliphatic carboxylic acids is 2. The first kappa shape index (κ1) is 27.1. The summed E-state index contributed by atoms with van der Waals surface area (Å²) >= 11 is 0. The number of nitrogens with zero attached hydrogens (tertiary/aromatic N) is 1. The van der Waals surface area contributed by atoms with Crippen LogP contribution in [0.1, 0.15) is 77.6 Å². The van der Waals surface area contributed by atoms with Crippen molar-refractivity contribution in [2.24, 2.45) is 0 Å². The third-order valence-electron chi connectivity index (χ3n) is 4.27. The molecule has 0 aromatic heterocycles. The molecule has 0 aliphatic carbocycles. The van der Waals surface area contributed by atoms with E-state index >= 15 is 0 Å². The van der Waals surface area contributed by atoms with E-state index < -0.39 is 24.4 Å². The number of hydrogen-bond acceptors (Lipinski definition) is 5. The Bertz CT molecular complexity index is 341. The number of aliphatic hydroxyl groups excluding tert-OH is 1. The van der Waals surface area contributed by atoms with Crippen molar-refractivity contribution in [2.45, 2.75) is 83.6 Å². The Labute approximate surface area is 174 Å². The maximum absolute atomic E-state index is 11.1. The number of carboxylic acids is 2. The van der Waals surface area contributed by atoms with E-state index in [0.717, 1.165) is 19.3 Å². The standard InChI is InChI=1S/C18H35NO5.Na/c1-2-3-4-5-6-7-8-9-10-11-12-19(13-14-20)16(18(23)24)15-17(21)22;/h16,20H,2-15H2,1H3,(H,21,22)(H,23,24);/q;+1/p-1/t16-;/m0./s1. The van der Waals surface area contributed by atoms with Crippen LogP contribution in [0, 0.1) is 0 Å². The van der Waals surface area contributed by atoms with Crippen LogP contribution in [0.4, 0.5) is 0 Å². The molecule has 0 amide bonds. The summed E-state index contributed by atoms with van der Waals surface area (Å²) < 4.78 is 0. The van der Waals surface area contributed by atoms with Gasteiger partial charge in [-0.15, -0.1) is 0 Å². The maximum Gasteiger partial charge on any atom is 1.00 e. The van der Waals surface area contributed by atoms with Crippen molar-refractivity contribution >= 4 is 11.9 Å². The van der Waals surface area contributed by atoms with Crippen molar-refractivity contribution in [3.8, 4) is 0 Å². The number of aliphatic hydroxyl groups is 1. The minimum absolute atomic E-state index is 0. The van der Waals surface area contributed by atoms with Crippen molar-refractivity contribution in [1.29, 1.82) is 0 Å². The van der Waals surface area contributed by atoms with Crippen molar-refractivity contribution < 1.29 is 54.5 Å². The van der Waals surface area contributed by atoms with E-state index in [1.54, 1.807) is 0 Å². The zero-order chi connectivity index (χ0) is 18.2. The molecular formula is C18H34NNaO5.